The summed E-state index contributed by atoms with van der Waals surface area (Å²) in [5.74, 6) is -1.67. The summed E-state index contributed by atoms with van der Waals surface area (Å²) >= 11 is 0. The minimum atomic E-state index is -0.880. The Balaban J connectivity index is 1.04. The van der Waals surface area contributed by atoms with E-state index >= 15 is 0 Å². The molecule has 3 heterocycles. The van der Waals surface area contributed by atoms with Crippen LogP contribution in [0.3, 0.4) is 0 Å². The van der Waals surface area contributed by atoms with Crippen LogP contribution in [0.4, 0.5) is 5.69 Å². The number of aromatic nitrogens is 1. The number of fused-ring (bicyclic) bond motifs is 2. The van der Waals surface area contributed by atoms with Crippen LogP contribution in [0.1, 0.15) is 29.6 Å². The van der Waals surface area contributed by atoms with E-state index in [1.54, 1.807) is 30.5 Å². The molecule has 11 nitrogen and oxygen atoms in total. The molecule has 3 amide bonds. The van der Waals surface area contributed by atoms with E-state index in [1.807, 2.05) is 42.5 Å². The third-order valence-electron chi connectivity index (χ3n) is 9.13. The van der Waals surface area contributed by atoms with E-state index in [1.165, 1.54) is 4.90 Å². The van der Waals surface area contributed by atoms with Gasteiger partial charge in [-0.2, -0.15) is 0 Å². The van der Waals surface area contributed by atoms with Crippen LogP contribution in [0, 0.1) is 0 Å². The number of quaternary nitrogens is 1. The molecule has 0 saturated carbocycles. The number of nitrogens with one attached hydrogen (secondary N) is 2. The molecule has 3 aromatic carbocycles. The van der Waals surface area contributed by atoms with Crippen molar-refractivity contribution in [3.05, 3.63) is 78.5 Å². The van der Waals surface area contributed by atoms with Crippen LogP contribution in [0.5, 0.6) is 5.75 Å². The average molecular weight is 639 g/mol. The molecule has 2 aliphatic heterocycles. The second kappa shape index (κ2) is 14.3. The number of likely N-dealkylation sites (tertiary alicyclic amines) is 1. The molecule has 244 valence electrons. The van der Waals surface area contributed by atoms with E-state index in [-0.39, 0.29) is 6.54 Å². The van der Waals surface area contributed by atoms with Gasteiger partial charge in [0.25, 0.3) is 11.8 Å². The first-order chi connectivity index (χ1) is 22.8. The fourth-order valence-electron chi connectivity index (χ4n) is 6.36. The monoisotopic (exact) mass is 638 g/mol. The lowest BCUT2D eigenvalue weighted by atomic mass is 10.1. The van der Waals surface area contributed by atoms with E-state index in [0.29, 0.717) is 53.9 Å². The van der Waals surface area contributed by atoms with Gasteiger partial charge in [-0.15, -0.1) is 0 Å². The molecule has 1 unspecified atom stereocenters. The van der Waals surface area contributed by atoms with E-state index in [2.05, 4.69) is 22.7 Å². The normalized spacial score (nSPS) is 17.4. The number of carbonyl (C=O) groups is 4. The highest BCUT2D eigenvalue weighted by atomic mass is 16.5. The summed E-state index contributed by atoms with van der Waals surface area (Å²) in [6.07, 6.45) is 3.41. The molecule has 1 atom stereocenters. The zero-order valence-electron chi connectivity index (χ0n) is 26.6. The van der Waals surface area contributed by atoms with E-state index in [4.69, 9.17) is 9.47 Å². The molecule has 0 aliphatic carbocycles. The van der Waals surface area contributed by atoms with Crippen molar-refractivity contribution < 1.29 is 33.1 Å². The molecule has 0 radical (unpaired) electrons. The van der Waals surface area contributed by atoms with Crippen molar-refractivity contribution in [2.75, 3.05) is 64.9 Å². The number of Topliss-reactive ketones (excluding diaryl/α,β-unsaturated/α-hetero) is 1. The van der Waals surface area contributed by atoms with Crippen molar-refractivity contribution in [3.8, 4) is 5.75 Å². The number of ketones is 1. The summed E-state index contributed by atoms with van der Waals surface area (Å²) in [7, 11) is 2.24. The Morgan fingerprint density at radius 1 is 1.00 bits per heavy atom. The number of ether oxygens (including phenoxy) is 2. The lowest BCUT2D eigenvalue weighted by molar-refractivity contribution is -0.917. The first-order valence-corrected chi connectivity index (χ1v) is 16.1. The van der Waals surface area contributed by atoms with Gasteiger partial charge in [0.1, 0.15) is 24.9 Å². The minimum absolute atomic E-state index is 0.309. The van der Waals surface area contributed by atoms with Crippen LogP contribution >= 0.6 is 0 Å². The SMILES string of the molecule is C[N+]1(CCCOc2ccc3nccc(C(=O)NCC(=O)N4CCCC4C(=O)C(=O)Nc4ccc5ccccc5c4)c3c2)CCOCC1. The summed E-state index contributed by atoms with van der Waals surface area (Å²) in [6, 6.07) is 19.3. The standard InChI is InChI=1S/C36H39N5O6/c1-41(17-20-46-21-18-41)16-5-19-47-28-11-12-31-30(23-28)29(13-14-37-31)35(44)38-24-33(42)40-15-4-8-32(40)34(43)36(45)39-27-10-9-25-6-2-3-7-26(25)22-27/h2-3,6-7,9-14,22-23,32H,4-5,8,15-21,24H2,1H3,(H-,38,39,44,45)/p+1. The maximum Gasteiger partial charge on any atom is 0.293 e. The predicted octanol–water partition coefficient (Wildman–Crippen LogP) is 3.56. The number of nitrogens with zero attached hydrogens (tertiary/aromatic N) is 3. The Morgan fingerprint density at radius 2 is 1.81 bits per heavy atom. The highest BCUT2D eigenvalue weighted by Crippen LogP contribution is 2.24. The minimum Gasteiger partial charge on any atom is -0.493 e. The third kappa shape index (κ3) is 7.58. The van der Waals surface area contributed by atoms with Gasteiger partial charge in [0.2, 0.25) is 11.7 Å². The Morgan fingerprint density at radius 3 is 2.64 bits per heavy atom. The van der Waals surface area contributed by atoms with E-state index in [0.717, 1.165) is 54.5 Å². The maximum absolute atomic E-state index is 13.3. The van der Waals surface area contributed by atoms with Crippen LogP contribution in [-0.4, -0.2) is 104 Å². The van der Waals surface area contributed by atoms with Crippen molar-refractivity contribution in [1.29, 1.82) is 0 Å². The molecule has 11 heteroatoms. The lowest BCUT2D eigenvalue weighted by Crippen LogP contribution is -2.52. The number of rotatable bonds is 11. The van der Waals surface area contributed by atoms with Crippen LogP contribution in [0.2, 0.25) is 0 Å². The Hall–Kier alpha value is -4.87. The largest absolute Gasteiger partial charge is 0.493 e. The van der Waals surface area contributed by atoms with Gasteiger partial charge < -0.3 is 29.5 Å². The van der Waals surface area contributed by atoms with Crippen LogP contribution in [0.15, 0.2) is 72.9 Å². The van der Waals surface area contributed by atoms with Gasteiger partial charge in [0, 0.05) is 30.2 Å². The molecule has 2 saturated heterocycles. The van der Waals surface area contributed by atoms with Gasteiger partial charge >= 0.3 is 0 Å². The van der Waals surface area contributed by atoms with Gasteiger partial charge in [-0.1, -0.05) is 30.3 Å². The van der Waals surface area contributed by atoms with Gasteiger partial charge in [0.15, 0.2) is 0 Å². The molecule has 0 bridgehead atoms. The highest BCUT2D eigenvalue weighted by Gasteiger charge is 2.37. The smallest absolute Gasteiger partial charge is 0.293 e. The first kappa shape index (κ1) is 32.1. The first-order valence-electron chi connectivity index (χ1n) is 16.1. The van der Waals surface area contributed by atoms with Crippen molar-refractivity contribution >= 4 is 50.9 Å². The van der Waals surface area contributed by atoms with E-state index < -0.39 is 29.5 Å². The zero-order chi connectivity index (χ0) is 32.8. The topological polar surface area (TPSA) is 127 Å². The molecule has 2 aliphatic rings. The molecule has 4 aromatic rings. The zero-order valence-corrected chi connectivity index (χ0v) is 26.6. The average Bonchev–Trinajstić information content (AvgIpc) is 3.59. The fraction of sp³-hybridized carbons (Fsp3) is 0.361. The van der Waals surface area contributed by atoms with Gasteiger partial charge in [-0.3, -0.25) is 24.2 Å². The van der Waals surface area contributed by atoms with Crippen LogP contribution < -0.4 is 15.4 Å². The maximum atomic E-state index is 13.3. The number of hydrogen-bond donors (Lipinski definition) is 2. The molecule has 1 aromatic heterocycles. The summed E-state index contributed by atoms with van der Waals surface area (Å²) in [6.45, 7) is 5.14. The Kier molecular flexibility index (Phi) is 9.74. The summed E-state index contributed by atoms with van der Waals surface area (Å²) < 4.78 is 12.5. The quantitative estimate of drug-likeness (QED) is 0.146. The number of carbonyl (C=O) groups excluding carboxylic acids is 4. The van der Waals surface area contributed by atoms with Crippen LogP contribution in [-0.2, 0) is 19.1 Å². The fourth-order valence-corrected chi connectivity index (χ4v) is 6.36. The van der Waals surface area contributed by atoms with Crippen molar-refractivity contribution in [1.82, 2.24) is 15.2 Å². The van der Waals surface area contributed by atoms with Crippen molar-refractivity contribution in [2.24, 2.45) is 0 Å². The molecule has 0 spiro atoms. The van der Waals surface area contributed by atoms with Gasteiger partial charge in [-0.25, -0.2) is 0 Å². The number of benzene rings is 3. The molecular formula is C36H40N5O6+. The predicted molar refractivity (Wildman–Crippen MR) is 178 cm³/mol. The van der Waals surface area contributed by atoms with Crippen LogP contribution in [0.25, 0.3) is 21.7 Å². The second-order valence-electron chi connectivity index (χ2n) is 12.5. The number of anilines is 1. The number of likely N-dealkylation sites (N-methyl/N-ethyl adjacent to an activating group) is 1. The lowest BCUT2D eigenvalue weighted by Gasteiger charge is -2.37. The molecule has 2 fully saturated rings. The summed E-state index contributed by atoms with van der Waals surface area (Å²) in [4.78, 5) is 58.3. The number of hydrogen-bond acceptors (Lipinski definition) is 7. The van der Waals surface area contributed by atoms with Crippen molar-refractivity contribution in [2.45, 2.75) is 25.3 Å². The molecular weight excluding hydrogens is 598 g/mol. The van der Waals surface area contributed by atoms with Gasteiger partial charge in [-0.05, 0) is 60.0 Å². The molecule has 2 N–H and O–H groups in total. The summed E-state index contributed by atoms with van der Waals surface area (Å²) in [5.41, 5.74) is 1.50. The summed E-state index contributed by atoms with van der Waals surface area (Å²) in [5, 5.41) is 7.95. The third-order valence-corrected chi connectivity index (χ3v) is 9.13. The molecule has 47 heavy (non-hydrogen) atoms. The van der Waals surface area contributed by atoms with Crippen molar-refractivity contribution in [3.63, 3.8) is 0 Å². The number of morpholine rings is 1. The second-order valence-corrected chi connectivity index (χ2v) is 12.5. The van der Waals surface area contributed by atoms with Gasteiger partial charge in [0.05, 0.1) is 51.0 Å². The Labute approximate surface area is 273 Å². The number of pyridine rings is 1. The number of amides is 3. The Bertz CT molecular complexity index is 1800. The highest BCUT2D eigenvalue weighted by molar-refractivity contribution is 6.42. The molecule has 6 rings (SSSR count). The van der Waals surface area contributed by atoms with E-state index in [9.17, 15) is 19.2 Å².